The van der Waals surface area contributed by atoms with Crippen LogP contribution in [0.25, 0.3) is 0 Å². The van der Waals surface area contributed by atoms with Gasteiger partial charge in [0.25, 0.3) is 0 Å². The largest absolute Gasteiger partial charge is 0.378 e. The Morgan fingerprint density at radius 3 is 2.58 bits per heavy atom. The number of amides is 1. The number of piperidine rings is 1. The van der Waals surface area contributed by atoms with Crippen molar-refractivity contribution in [2.75, 3.05) is 26.7 Å². The van der Waals surface area contributed by atoms with E-state index in [1.165, 1.54) is 0 Å². The minimum atomic E-state index is -0.485. The van der Waals surface area contributed by atoms with E-state index < -0.39 is 5.54 Å². The summed E-state index contributed by atoms with van der Waals surface area (Å²) in [4.78, 5) is 14.2. The van der Waals surface area contributed by atoms with Gasteiger partial charge in [0.2, 0.25) is 5.91 Å². The van der Waals surface area contributed by atoms with Crippen molar-refractivity contribution in [1.82, 2.24) is 10.2 Å². The molecule has 2 rings (SSSR count). The first-order valence-electron chi connectivity index (χ1n) is 7.46. The predicted molar refractivity (Wildman–Crippen MR) is 74.8 cm³/mol. The van der Waals surface area contributed by atoms with E-state index in [0.29, 0.717) is 12.1 Å². The van der Waals surface area contributed by atoms with E-state index in [9.17, 15) is 4.79 Å². The average Bonchev–Trinajstić information content (AvgIpc) is 2.86. The van der Waals surface area contributed by atoms with Gasteiger partial charge in [0, 0.05) is 25.7 Å². The average molecular weight is 269 g/mol. The molecule has 0 radical (unpaired) electrons. The van der Waals surface area contributed by atoms with Gasteiger partial charge in [-0.25, -0.2) is 0 Å². The highest BCUT2D eigenvalue weighted by molar-refractivity contribution is 5.85. The lowest BCUT2D eigenvalue weighted by Gasteiger charge is -2.36. The molecular weight excluding hydrogens is 242 g/mol. The number of nitrogens with zero attached hydrogens (tertiary/aromatic N) is 1. The molecule has 1 aliphatic heterocycles. The summed E-state index contributed by atoms with van der Waals surface area (Å²) in [6, 6.07) is 0.488. The van der Waals surface area contributed by atoms with Crippen LogP contribution in [-0.4, -0.2) is 55.2 Å². The maximum absolute atomic E-state index is 11.6. The molecule has 5 heteroatoms. The summed E-state index contributed by atoms with van der Waals surface area (Å²) in [7, 11) is 1.84. The highest BCUT2D eigenvalue weighted by atomic mass is 16.5. The Morgan fingerprint density at radius 1 is 1.42 bits per heavy atom. The van der Waals surface area contributed by atoms with E-state index in [0.717, 1.165) is 51.8 Å². The van der Waals surface area contributed by atoms with Crippen LogP contribution in [0.2, 0.25) is 0 Å². The van der Waals surface area contributed by atoms with Crippen LogP contribution in [0.4, 0.5) is 0 Å². The fourth-order valence-corrected chi connectivity index (χ4v) is 3.55. The highest BCUT2D eigenvalue weighted by Gasteiger charge is 2.44. The number of likely N-dealkylation sites (N-methyl/N-ethyl adjacent to an activating group) is 1. The Kier molecular flexibility index (Phi) is 4.81. The van der Waals surface area contributed by atoms with Gasteiger partial charge in [0.15, 0.2) is 0 Å². The Bertz CT molecular complexity index is 316. The maximum atomic E-state index is 11.6. The zero-order chi connectivity index (χ0) is 13.9. The zero-order valence-corrected chi connectivity index (χ0v) is 12.2. The number of primary amides is 1. The summed E-state index contributed by atoms with van der Waals surface area (Å²) in [6.45, 7) is 5.01. The quantitative estimate of drug-likeness (QED) is 0.762. The van der Waals surface area contributed by atoms with Crippen LogP contribution < -0.4 is 11.1 Å². The second kappa shape index (κ2) is 6.20. The van der Waals surface area contributed by atoms with Crippen molar-refractivity contribution in [3.05, 3.63) is 0 Å². The lowest BCUT2D eigenvalue weighted by molar-refractivity contribution is -0.124. The third-order valence-corrected chi connectivity index (χ3v) is 4.83. The first-order chi connectivity index (χ1) is 9.11. The molecule has 2 fully saturated rings. The number of rotatable bonds is 5. The van der Waals surface area contributed by atoms with Crippen LogP contribution in [0.5, 0.6) is 0 Å². The summed E-state index contributed by atoms with van der Waals surface area (Å²) in [5.41, 5.74) is 5.07. The number of likely N-dealkylation sites (tertiary alicyclic amines) is 1. The molecule has 3 N–H and O–H groups in total. The Labute approximate surface area is 115 Å². The van der Waals surface area contributed by atoms with E-state index >= 15 is 0 Å². The molecule has 1 aliphatic carbocycles. The summed E-state index contributed by atoms with van der Waals surface area (Å²) in [6.07, 6.45) is 5.39. The van der Waals surface area contributed by atoms with Crippen LogP contribution in [-0.2, 0) is 9.53 Å². The monoisotopic (exact) mass is 269 g/mol. The van der Waals surface area contributed by atoms with Crippen LogP contribution in [0.3, 0.4) is 0 Å². The number of carbonyl (C=O) groups is 1. The number of nitrogens with two attached hydrogens (primary N) is 1. The summed E-state index contributed by atoms with van der Waals surface area (Å²) < 4.78 is 5.68. The molecule has 19 heavy (non-hydrogen) atoms. The molecule has 0 spiro atoms. The summed E-state index contributed by atoms with van der Waals surface area (Å²) in [5.74, 6) is -0.207. The van der Waals surface area contributed by atoms with Crippen molar-refractivity contribution in [3.8, 4) is 0 Å². The SMILES string of the molecule is CCOC1CCN(C2CCC(NC)(C(N)=O)C2)CC1. The van der Waals surface area contributed by atoms with Crippen LogP contribution >= 0.6 is 0 Å². The molecule has 110 valence electrons. The van der Waals surface area contributed by atoms with Crippen molar-refractivity contribution >= 4 is 5.91 Å². The van der Waals surface area contributed by atoms with E-state index in [2.05, 4.69) is 17.1 Å². The predicted octanol–water partition coefficient (Wildman–Crippen LogP) is 0.483. The van der Waals surface area contributed by atoms with Gasteiger partial charge in [-0.1, -0.05) is 0 Å². The third-order valence-electron chi connectivity index (χ3n) is 4.83. The minimum Gasteiger partial charge on any atom is -0.378 e. The third kappa shape index (κ3) is 3.09. The molecular formula is C14H27N3O2. The van der Waals surface area contributed by atoms with E-state index in [-0.39, 0.29) is 5.91 Å². The van der Waals surface area contributed by atoms with Gasteiger partial charge in [0.1, 0.15) is 0 Å². The van der Waals surface area contributed by atoms with E-state index in [1.54, 1.807) is 0 Å². The number of ether oxygens (including phenoxy) is 1. The topological polar surface area (TPSA) is 67.6 Å². The first-order valence-corrected chi connectivity index (χ1v) is 7.46. The van der Waals surface area contributed by atoms with Crippen molar-refractivity contribution in [1.29, 1.82) is 0 Å². The summed E-state index contributed by atoms with van der Waals surface area (Å²) >= 11 is 0. The van der Waals surface area contributed by atoms with Gasteiger partial charge in [-0.2, -0.15) is 0 Å². The number of carbonyl (C=O) groups excluding carboxylic acids is 1. The first kappa shape index (κ1) is 14.8. The molecule has 0 bridgehead atoms. The van der Waals surface area contributed by atoms with Crippen molar-refractivity contribution < 1.29 is 9.53 Å². The second-order valence-corrected chi connectivity index (χ2v) is 5.78. The van der Waals surface area contributed by atoms with Crippen LogP contribution in [0.15, 0.2) is 0 Å². The molecule has 0 aromatic rings. The number of hydrogen-bond donors (Lipinski definition) is 2. The smallest absolute Gasteiger partial charge is 0.237 e. The molecule has 1 amide bonds. The molecule has 1 saturated heterocycles. The second-order valence-electron chi connectivity index (χ2n) is 5.78. The van der Waals surface area contributed by atoms with Crippen molar-refractivity contribution in [3.63, 3.8) is 0 Å². The number of hydrogen-bond acceptors (Lipinski definition) is 4. The lowest BCUT2D eigenvalue weighted by Crippen LogP contribution is -2.53. The van der Waals surface area contributed by atoms with Gasteiger partial charge < -0.3 is 20.7 Å². The molecule has 5 nitrogen and oxygen atoms in total. The van der Waals surface area contributed by atoms with Crippen LogP contribution in [0.1, 0.15) is 39.0 Å². The number of nitrogens with one attached hydrogen (secondary N) is 1. The Morgan fingerprint density at radius 2 is 2.11 bits per heavy atom. The van der Waals surface area contributed by atoms with Gasteiger partial charge in [-0.3, -0.25) is 4.79 Å². The minimum absolute atomic E-state index is 0.207. The van der Waals surface area contributed by atoms with Gasteiger partial charge in [-0.05, 0) is 46.1 Å². The standard InChI is InChI=1S/C14H27N3O2/c1-3-19-12-5-8-17(9-6-12)11-4-7-14(10-11,16-2)13(15)18/h11-12,16H,3-10H2,1-2H3,(H2,15,18). The fraction of sp³-hybridized carbons (Fsp3) is 0.929. The fourth-order valence-electron chi connectivity index (χ4n) is 3.55. The summed E-state index contributed by atoms with van der Waals surface area (Å²) in [5, 5.41) is 3.15. The zero-order valence-electron chi connectivity index (χ0n) is 12.2. The van der Waals surface area contributed by atoms with Crippen LogP contribution in [0, 0.1) is 0 Å². The molecule has 0 aromatic heterocycles. The molecule has 1 heterocycles. The van der Waals surface area contributed by atoms with E-state index in [4.69, 9.17) is 10.5 Å². The lowest BCUT2D eigenvalue weighted by atomic mass is 9.96. The van der Waals surface area contributed by atoms with Crippen molar-refractivity contribution in [2.24, 2.45) is 5.73 Å². The molecule has 2 atom stereocenters. The Balaban J connectivity index is 1.87. The Hall–Kier alpha value is -0.650. The van der Waals surface area contributed by atoms with Gasteiger partial charge >= 0.3 is 0 Å². The molecule has 0 aromatic carbocycles. The van der Waals surface area contributed by atoms with Gasteiger partial charge in [0.05, 0.1) is 11.6 Å². The normalized spacial score (nSPS) is 33.7. The van der Waals surface area contributed by atoms with E-state index in [1.807, 2.05) is 7.05 Å². The molecule has 1 saturated carbocycles. The maximum Gasteiger partial charge on any atom is 0.237 e. The molecule has 2 unspecified atom stereocenters. The van der Waals surface area contributed by atoms with Gasteiger partial charge in [-0.15, -0.1) is 0 Å². The molecule has 2 aliphatic rings. The highest BCUT2D eigenvalue weighted by Crippen LogP contribution is 2.34. The van der Waals surface area contributed by atoms with Crippen molar-refractivity contribution in [2.45, 2.75) is 56.7 Å².